The summed E-state index contributed by atoms with van der Waals surface area (Å²) in [6.07, 6.45) is 0. The summed E-state index contributed by atoms with van der Waals surface area (Å²) in [5.41, 5.74) is 0. The van der Waals surface area contributed by atoms with Gasteiger partial charge in [-0.25, -0.2) is 0 Å². The van der Waals surface area contributed by atoms with Gasteiger partial charge in [-0.3, -0.25) is 0 Å². The summed E-state index contributed by atoms with van der Waals surface area (Å²) < 4.78 is 0. The summed E-state index contributed by atoms with van der Waals surface area (Å²) in [6, 6.07) is 0. The molecule has 0 aromatic rings. The molecular formula is C6H18O4. The largest absolute Gasteiger partial charge is 0.412 e. The van der Waals surface area contributed by atoms with E-state index < -0.39 is 0 Å². The Morgan fingerprint density at radius 3 is 1.30 bits per heavy atom. The second-order valence-electron chi connectivity index (χ2n) is 1.22. The van der Waals surface area contributed by atoms with E-state index in [0.29, 0.717) is 0 Å². The molecule has 0 aromatic carbocycles. The third-order valence-electron chi connectivity index (χ3n) is 0. The van der Waals surface area contributed by atoms with E-state index in [4.69, 9.17) is 10.2 Å². The topological polar surface area (TPSA) is 89.0 Å². The molecule has 0 aliphatic carbocycles. The first-order valence-electron chi connectivity index (χ1n) is 2.67. The fourth-order valence-electron chi connectivity index (χ4n) is 0. The molecule has 4 nitrogen and oxygen atoms in total. The zero-order valence-corrected chi connectivity index (χ0v) is 7.01. The van der Waals surface area contributed by atoms with Crippen molar-refractivity contribution >= 4 is 5.78 Å². The van der Waals surface area contributed by atoms with Crippen LogP contribution in [0.15, 0.2) is 0 Å². The minimum Gasteiger partial charge on any atom is -0.412 e. The second-order valence-corrected chi connectivity index (χ2v) is 1.22. The van der Waals surface area contributed by atoms with Gasteiger partial charge in [-0.15, -0.1) is 0 Å². The Morgan fingerprint density at radius 1 is 1.30 bits per heavy atom. The zero-order chi connectivity index (χ0) is 8.28. The molecule has 0 spiro atoms. The Bertz CT molecular complexity index is 41.0. The van der Waals surface area contributed by atoms with Crippen molar-refractivity contribution in [2.45, 2.75) is 20.8 Å². The molecule has 0 amide bonds. The van der Waals surface area contributed by atoms with Gasteiger partial charge in [0.25, 0.3) is 0 Å². The van der Waals surface area contributed by atoms with Crippen LogP contribution in [-0.2, 0) is 4.79 Å². The average molecular weight is 154 g/mol. The Balaban J connectivity index is -0.0000000273. The van der Waals surface area contributed by atoms with Gasteiger partial charge in [0.15, 0.2) is 0 Å². The molecule has 4 N–H and O–H groups in total. The number of aliphatic hydroxyl groups is 2. The number of carbonyl (C=O) groups excluding carboxylic acids is 1. The van der Waals surface area contributed by atoms with Crippen LogP contribution in [0, 0.1) is 0 Å². The molecule has 0 bridgehead atoms. The van der Waals surface area contributed by atoms with Crippen molar-refractivity contribution in [3.63, 3.8) is 0 Å². The standard InChI is InChI=1S/C3H6O.C2H6O.CH4O.H2O/c1-3(2)4;1-2-3;1-2;/h1-2H3;3H,2H2,1H3;2H,1H3;1H2. The maximum absolute atomic E-state index is 9.44. The molecule has 10 heavy (non-hydrogen) atoms. The molecule has 0 saturated carbocycles. The summed E-state index contributed by atoms with van der Waals surface area (Å²) in [7, 11) is 1.00. The molecule has 0 rings (SSSR count). The molecule has 0 heterocycles. The van der Waals surface area contributed by atoms with E-state index in [1.54, 1.807) is 6.92 Å². The van der Waals surface area contributed by atoms with Crippen LogP contribution in [0.5, 0.6) is 0 Å². The van der Waals surface area contributed by atoms with E-state index in [-0.39, 0.29) is 17.9 Å². The number of carbonyl (C=O) groups is 1. The van der Waals surface area contributed by atoms with Crippen molar-refractivity contribution in [1.29, 1.82) is 0 Å². The van der Waals surface area contributed by atoms with Crippen LogP contribution < -0.4 is 0 Å². The van der Waals surface area contributed by atoms with Gasteiger partial charge in [-0.1, -0.05) is 0 Å². The molecule has 0 aliphatic heterocycles. The lowest BCUT2D eigenvalue weighted by Gasteiger charge is -1.56. The minimum absolute atomic E-state index is 0. The summed E-state index contributed by atoms with van der Waals surface area (Å²) in [5, 5.41) is 14.6. The molecule has 4 heteroatoms. The first-order valence-corrected chi connectivity index (χ1v) is 2.67. The van der Waals surface area contributed by atoms with Gasteiger partial charge in [0.2, 0.25) is 0 Å². The first-order chi connectivity index (χ1) is 4.15. The SMILES string of the molecule is CC(C)=O.CCO.CO.O. The van der Waals surface area contributed by atoms with E-state index >= 15 is 0 Å². The van der Waals surface area contributed by atoms with Gasteiger partial charge in [0.1, 0.15) is 5.78 Å². The van der Waals surface area contributed by atoms with Gasteiger partial charge < -0.3 is 20.5 Å². The number of hydrogen-bond acceptors (Lipinski definition) is 3. The predicted octanol–water partition coefficient (Wildman–Crippen LogP) is -0.622. The Kier molecular flexibility index (Phi) is 87.7. The number of ketones is 1. The second kappa shape index (κ2) is 38.7. The molecule has 0 atom stereocenters. The summed E-state index contributed by atoms with van der Waals surface area (Å²) in [4.78, 5) is 9.44. The van der Waals surface area contributed by atoms with Crippen molar-refractivity contribution in [2.75, 3.05) is 13.7 Å². The number of rotatable bonds is 0. The van der Waals surface area contributed by atoms with Gasteiger partial charge in [-0.05, 0) is 20.8 Å². The van der Waals surface area contributed by atoms with Crippen molar-refractivity contribution < 1.29 is 20.5 Å². The zero-order valence-electron chi connectivity index (χ0n) is 7.01. The van der Waals surface area contributed by atoms with Gasteiger partial charge in [0, 0.05) is 13.7 Å². The number of hydrogen-bond donors (Lipinski definition) is 2. The van der Waals surface area contributed by atoms with Crippen LogP contribution in [-0.4, -0.2) is 35.2 Å². The normalized spacial score (nSPS) is 5.00. The average Bonchev–Trinajstić information content (AvgIpc) is 1.71. The van der Waals surface area contributed by atoms with E-state index in [0.717, 1.165) is 7.11 Å². The van der Waals surface area contributed by atoms with E-state index in [9.17, 15) is 4.79 Å². The lowest BCUT2D eigenvalue weighted by Crippen LogP contribution is -1.69. The monoisotopic (exact) mass is 154 g/mol. The molecular weight excluding hydrogens is 136 g/mol. The Hall–Kier alpha value is -0.450. The van der Waals surface area contributed by atoms with Crippen molar-refractivity contribution in [2.24, 2.45) is 0 Å². The quantitative estimate of drug-likeness (QED) is 0.487. The van der Waals surface area contributed by atoms with Gasteiger partial charge in [0.05, 0.1) is 0 Å². The third-order valence-corrected chi connectivity index (χ3v) is 0. The molecule has 0 aliphatic rings. The van der Waals surface area contributed by atoms with Crippen molar-refractivity contribution in [1.82, 2.24) is 0 Å². The summed E-state index contributed by atoms with van der Waals surface area (Å²) in [5.74, 6) is 0.167. The van der Waals surface area contributed by atoms with Crippen LogP contribution in [0.4, 0.5) is 0 Å². The smallest absolute Gasteiger partial charge is 0.126 e. The maximum atomic E-state index is 9.44. The Labute approximate surface area is 61.8 Å². The fraction of sp³-hybridized carbons (Fsp3) is 0.833. The molecule has 0 fully saturated rings. The molecule has 0 unspecified atom stereocenters. The van der Waals surface area contributed by atoms with Gasteiger partial charge >= 0.3 is 0 Å². The molecule has 0 saturated heterocycles. The van der Waals surface area contributed by atoms with Crippen molar-refractivity contribution in [3.8, 4) is 0 Å². The van der Waals surface area contributed by atoms with Crippen LogP contribution in [0.2, 0.25) is 0 Å². The highest BCUT2D eigenvalue weighted by molar-refractivity contribution is 5.72. The van der Waals surface area contributed by atoms with Crippen LogP contribution in [0.1, 0.15) is 20.8 Å². The van der Waals surface area contributed by atoms with Gasteiger partial charge in [-0.2, -0.15) is 0 Å². The molecule has 0 radical (unpaired) electrons. The lowest BCUT2D eigenvalue weighted by atomic mass is 10.6. The molecule has 0 aromatic heterocycles. The maximum Gasteiger partial charge on any atom is 0.126 e. The van der Waals surface area contributed by atoms with Crippen molar-refractivity contribution in [3.05, 3.63) is 0 Å². The van der Waals surface area contributed by atoms with E-state index in [1.165, 1.54) is 13.8 Å². The highest BCUT2D eigenvalue weighted by Crippen LogP contribution is 1.50. The lowest BCUT2D eigenvalue weighted by molar-refractivity contribution is -0.114. The van der Waals surface area contributed by atoms with E-state index in [1.807, 2.05) is 0 Å². The van der Waals surface area contributed by atoms with Crippen LogP contribution in [0.3, 0.4) is 0 Å². The highest BCUT2D eigenvalue weighted by Gasteiger charge is 1.62. The predicted molar refractivity (Wildman–Crippen MR) is 40.9 cm³/mol. The Morgan fingerprint density at radius 2 is 1.30 bits per heavy atom. The first kappa shape index (κ1) is 22.7. The third kappa shape index (κ3) is 1600. The number of aliphatic hydroxyl groups excluding tert-OH is 2. The number of Topliss-reactive ketones (excluding diaryl/α,β-unsaturated/α-hetero) is 1. The van der Waals surface area contributed by atoms with Crippen LogP contribution >= 0.6 is 0 Å². The minimum atomic E-state index is 0. The molecule has 66 valence electrons. The van der Waals surface area contributed by atoms with E-state index in [2.05, 4.69) is 0 Å². The fourth-order valence-corrected chi connectivity index (χ4v) is 0. The van der Waals surface area contributed by atoms with Crippen LogP contribution in [0.25, 0.3) is 0 Å². The summed E-state index contributed by atoms with van der Waals surface area (Å²) >= 11 is 0. The highest BCUT2D eigenvalue weighted by atomic mass is 16.2. The summed E-state index contributed by atoms with van der Waals surface area (Å²) in [6.45, 7) is 4.99.